The van der Waals surface area contributed by atoms with Crippen LogP contribution < -0.4 is 10.9 Å². The Morgan fingerprint density at radius 1 is 1.34 bits per heavy atom. The van der Waals surface area contributed by atoms with Crippen molar-refractivity contribution in [2.24, 2.45) is 11.8 Å². The second kappa shape index (κ2) is 8.54. The minimum atomic E-state index is -0.228. The first-order chi connectivity index (χ1) is 17.0. The molecule has 0 spiro atoms. The van der Waals surface area contributed by atoms with Crippen LogP contribution in [0.1, 0.15) is 47.6 Å². The zero-order chi connectivity index (χ0) is 24.1. The number of pyridine rings is 1. The van der Waals surface area contributed by atoms with E-state index in [2.05, 4.69) is 16.4 Å². The van der Waals surface area contributed by atoms with Gasteiger partial charge in [-0.3, -0.25) is 14.3 Å². The number of ether oxygens (including phenoxy) is 1. The van der Waals surface area contributed by atoms with E-state index in [4.69, 9.17) is 9.84 Å². The number of rotatable bonds is 6. The molecule has 1 aliphatic carbocycles. The number of hydrogen-bond acceptors (Lipinski definition) is 6. The summed E-state index contributed by atoms with van der Waals surface area (Å²) in [5, 5.41) is 17.9. The Morgan fingerprint density at radius 3 is 2.94 bits per heavy atom. The van der Waals surface area contributed by atoms with Crippen LogP contribution in [0.15, 0.2) is 35.3 Å². The molecule has 6 rings (SSSR count). The first-order valence-corrected chi connectivity index (χ1v) is 12.3. The lowest BCUT2D eigenvalue weighted by atomic mass is 9.98. The molecule has 3 aliphatic rings. The van der Waals surface area contributed by atoms with E-state index in [1.807, 2.05) is 40.8 Å². The van der Waals surface area contributed by atoms with Gasteiger partial charge in [-0.05, 0) is 61.9 Å². The molecule has 4 heterocycles. The molecule has 2 unspecified atom stereocenters. The Balaban J connectivity index is 1.29. The summed E-state index contributed by atoms with van der Waals surface area (Å²) in [4.78, 5) is 30.6. The maximum Gasteiger partial charge on any atom is 0.261 e. The number of aromatic nitrogens is 3. The van der Waals surface area contributed by atoms with Crippen LogP contribution in [0.2, 0.25) is 0 Å². The van der Waals surface area contributed by atoms with Gasteiger partial charge in [0.05, 0.1) is 36.8 Å². The summed E-state index contributed by atoms with van der Waals surface area (Å²) in [6.45, 7) is 4.05. The van der Waals surface area contributed by atoms with Gasteiger partial charge in [0.25, 0.3) is 11.5 Å². The topological polar surface area (TPSA) is 116 Å². The van der Waals surface area contributed by atoms with Crippen molar-refractivity contribution in [1.29, 1.82) is 5.26 Å². The number of aromatic amines is 1. The molecule has 3 atom stereocenters. The van der Waals surface area contributed by atoms with Crippen LogP contribution in [0, 0.1) is 30.1 Å². The van der Waals surface area contributed by atoms with Crippen molar-refractivity contribution in [3.05, 3.63) is 51.9 Å². The normalized spacial score (nSPS) is 22.2. The van der Waals surface area contributed by atoms with Crippen LogP contribution in [0.5, 0.6) is 0 Å². The van der Waals surface area contributed by atoms with Crippen molar-refractivity contribution >= 4 is 28.3 Å². The molecule has 3 fully saturated rings. The highest BCUT2D eigenvalue weighted by Crippen LogP contribution is 2.43. The molecule has 3 aromatic rings. The molecule has 2 saturated heterocycles. The van der Waals surface area contributed by atoms with Gasteiger partial charge < -0.3 is 19.9 Å². The number of aryl methyl sites for hydroxylation is 1. The number of nitrogens with zero attached hydrogens (tertiary/aromatic N) is 4. The zero-order valence-corrected chi connectivity index (χ0v) is 19.7. The van der Waals surface area contributed by atoms with Gasteiger partial charge in [0.2, 0.25) is 0 Å². The summed E-state index contributed by atoms with van der Waals surface area (Å²) in [6.07, 6.45) is 5.30. The molecule has 2 aliphatic heterocycles. The number of fused-ring (bicyclic) bond motifs is 3. The third kappa shape index (κ3) is 3.98. The molecule has 2 aromatic heterocycles. The number of carbonyl (C=O) groups is 1. The Hall–Kier alpha value is -3.64. The van der Waals surface area contributed by atoms with Gasteiger partial charge >= 0.3 is 0 Å². The summed E-state index contributed by atoms with van der Waals surface area (Å²) in [5.41, 5.74) is 2.77. The fraction of sp³-hybridized carbons (Fsp3) is 0.462. The highest BCUT2D eigenvalue weighted by molar-refractivity contribution is 5.97. The number of nitrogens with one attached hydrogen (secondary N) is 2. The lowest BCUT2D eigenvalue weighted by Crippen LogP contribution is -2.43. The summed E-state index contributed by atoms with van der Waals surface area (Å²) in [7, 11) is 0. The van der Waals surface area contributed by atoms with Crippen molar-refractivity contribution < 1.29 is 9.53 Å². The first kappa shape index (κ1) is 21.9. The van der Waals surface area contributed by atoms with E-state index in [1.54, 1.807) is 6.20 Å². The fourth-order valence-corrected chi connectivity index (χ4v) is 5.59. The molecule has 35 heavy (non-hydrogen) atoms. The van der Waals surface area contributed by atoms with Crippen molar-refractivity contribution in [2.75, 3.05) is 25.0 Å². The van der Waals surface area contributed by atoms with Gasteiger partial charge in [0.1, 0.15) is 5.39 Å². The second-order valence-corrected chi connectivity index (χ2v) is 10.0. The number of H-pyrrole nitrogens is 1. The maximum absolute atomic E-state index is 13.2. The number of amides is 1. The third-order valence-electron chi connectivity index (χ3n) is 7.48. The SMILES string of the molecule is Cc1cc(Nc2nn([C@@H](CC#N)C3CC3)c3cc[nH]c(=O)c23)ccc1C(=O)N1CC2COC(C2)C1. The monoisotopic (exact) mass is 472 g/mol. The van der Waals surface area contributed by atoms with Crippen molar-refractivity contribution in [3.8, 4) is 6.07 Å². The van der Waals surface area contributed by atoms with E-state index in [0.29, 0.717) is 47.1 Å². The predicted octanol–water partition coefficient (Wildman–Crippen LogP) is 3.50. The molecule has 1 amide bonds. The van der Waals surface area contributed by atoms with Crippen LogP contribution in [-0.4, -0.2) is 51.4 Å². The van der Waals surface area contributed by atoms with E-state index >= 15 is 0 Å². The number of piperidine rings is 1. The van der Waals surface area contributed by atoms with E-state index in [9.17, 15) is 14.9 Å². The Morgan fingerprint density at radius 2 is 2.20 bits per heavy atom. The van der Waals surface area contributed by atoms with Crippen molar-refractivity contribution in [2.45, 2.75) is 44.8 Å². The number of benzene rings is 1. The molecular formula is C26H28N6O3. The minimum absolute atomic E-state index is 0.0317. The summed E-state index contributed by atoms with van der Waals surface area (Å²) in [5.74, 6) is 1.33. The molecule has 0 radical (unpaired) electrons. The van der Waals surface area contributed by atoms with Gasteiger partial charge in [0, 0.05) is 36.5 Å². The zero-order valence-electron chi connectivity index (χ0n) is 19.7. The molecule has 1 saturated carbocycles. The van der Waals surface area contributed by atoms with E-state index < -0.39 is 0 Å². The predicted molar refractivity (Wildman–Crippen MR) is 131 cm³/mol. The van der Waals surface area contributed by atoms with Gasteiger partial charge in [-0.1, -0.05) is 0 Å². The molecule has 2 bridgehead atoms. The molecule has 2 N–H and O–H groups in total. The van der Waals surface area contributed by atoms with Crippen molar-refractivity contribution in [1.82, 2.24) is 19.7 Å². The summed E-state index contributed by atoms with van der Waals surface area (Å²) >= 11 is 0. The molecule has 1 aromatic carbocycles. The lowest BCUT2D eigenvalue weighted by Gasteiger charge is -2.30. The molecule has 9 nitrogen and oxygen atoms in total. The number of hydrogen-bond donors (Lipinski definition) is 2. The quantitative estimate of drug-likeness (QED) is 0.567. The largest absolute Gasteiger partial charge is 0.376 e. The summed E-state index contributed by atoms with van der Waals surface area (Å²) in [6, 6.07) is 9.67. The van der Waals surface area contributed by atoms with Crippen LogP contribution in [0.4, 0.5) is 11.5 Å². The molecular weight excluding hydrogens is 444 g/mol. The Bertz CT molecular complexity index is 1390. The average molecular weight is 473 g/mol. The van der Waals surface area contributed by atoms with Crippen molar-refractivity contribution in [3.63, 3.8) is 0 Å². The average Bonchev–Trinajstić information content (AvgIpc) is 3.55. The van der Waals surface area contributed by atoms with Crippen LogP contribution in [-0.2, 0) is 4.74 Å². The van der Waals surface area contributed by atoms with Crippen LogP contribution in [0.25, 0.3) is 10.9 Å². The first-order valence-electron chi connectivity index (χ1n) is 12.3. The Labute approximate surface area is 202 Å². The number of anilines is 2. The van der Waals surface area contributed by atoms with Gasteiger partial charge in [-0.2, -0.15) is 10.4 Å². The van der Waals surface area contributed by atoms with Gasteiger partial charge in [0.15, 0.2) is 5.82 Å². The van der Waals surface area contributed by atoms with E-state index in [1.165, 1.54) is 0 Å². The van der Waals surface area contributed by atoms with Gasteiger partial charge in [-0.15, -0.1) is 0 Å². The maximum atomic E-state index is 13.2. The summed E-state index contributed by atoms with van der Waals surface area (Å²) < 4.78 is 7.59. The highest BCUT2D eigenvalue weighted by atomic mass is 16.5. The highest BCUT2D eigenvalue weighted by Gasteiger charge is 2.37. The lowest BCUT2D eigenvalue weighted by molar-refractivity contribution is 0.0563. The van der Waals surface area contributed by atoms with E-state index in [-0.39, 0.29) is 23.6 Å². The molecule has 9 heteroatoms. The van der Waals surface area contributed by atoms with Crippen LogP contribution in [0.3, 0.4) is 0 Å². The third-order valence-corrected chi connectivity index (χ3v) is 7.48. The number of nitriles is 1. The van der Waals surface area contributed by atoms with Gasteiger partial charge in [-0.25, -0.2) is 0 Å². The Kier molecular flexibility index (Phi) is 5.33. The minimum Gasteiger partial charge on any atom is -0.376 e. The van der Waals surface area contributed by atoms with E-state index in [0.717, 1.165) is 43.7 Å². The van der Waals surface area contributed by atoms with Crippen LogP contribution >= 0.6 is 0 Å². The number of carbonyl (C=O) groups excluding carboxylic acids is 1. The standard InChI is InChI=1S/C26H28N6O3/c1-15-10-18(4-5-20(15)26(34)31-12-16-11-19(13-31)35-14-16)29-24-23-22(7-9-28-25(23)33)32(30-24)21(6-8-27)17-2-3-17/h4-5,7,9-10,16-17,19,21H,2-3,6,11-14H2,1H3,(H,28,33)(H,29,30)/t16?,19?,21-/m0/s1. The number of likely N-dealkylation sites (tertiary alicyclic amines) is 1. The molecule has 180 valence electrons. The second-order valence-electron chi connectivity index (χ2n) is 10.0. The fourth-order valence-electron chi connectivity index (χ4n) is 5.59. The smallest absolute Gasteiger partial charge is 0.261 e.